The van der Waals surface area contributed by atoms with E-state index in [0.717, 1.165) is 12.1 Å². The van der Waals surface area contributed by atoms with Gasteiger partial charge in [-0.2, -0.15) is 0 Å². The van der Waals surface area contributed by atoms with E-state index in [1.165, 1.54) is 31.1 Å². The molecule has 0 spiro atoms. The summed E-state index contributed by atoms with van der Waals surface area (Å²) in [6.07, 6.45) is 5.64. The molecule has 1 fully saturated rings. The molecular formula is C21H23ClN2O3S. The van der Waals surface area contributed by atoms with Crippen LogP contribution in [0.1, 0.15) is 25.3 Å². The topological polar surface area (TPSA) is 66.5 Å². The van der Waals surface area contributed by atoms with Gasteiger partial charge in [0.25, 0.3) is 10.0 Å². The average molecular weight is 419 g/mol. The lowest BCUT2D eigenvalue weighted by molar-refractivity contribution is -0.126. The van der Waals surface area contributed by atoms with Crippen molar-refractivity contribution in [2.24, 2.45) is 5.92 Å². The number of nitrogens with zero attached hydrogens (tertiary/aromatic N) is 1. The van der Waals surface area contributed by atoms with Gasteiger partial charge in [-0.3, -0.25) is 9.52 Å². The zero-order chi connectivity index (χ0) is 20.1. The summed E-state index contributed by atoms with van der Waals surface area (Å²) in [4.78, 5) is 14.3. The molecule has 1 saturated carbocycles. The summed E-state index contributed by atoms with van der Waals surface area (Å²) in [5.74, 6) is 0.624. The molecule has 0 saturated heterocycles. The number of hydrogen-bond acceptors (Lipinski definition) is 3. The number of carbonyl (C=O) groups is 1. The van der Waals surface area contributed by atoms with Crippen LogP contribution in [0.3, 0.4) is 0 Å². The maximum absolute atomic E-state index is 12.5. The number of halogens is 1. The number of sulfonamides is 1. The van der Waals surface area contributed by atoms with Crippen molar-refractivity contribution >= 4 is 39.3 Å². The van der Waals surface area contributed by atoms with E-state index in [4.69, 9.17) is 11.6 Å². The number of para-hydroxylation sites is 1. The standard InChI is InChI=1S/C21H23ClN2O3S/c1-2-24(15-17-7-8-17)21(25)14-11-16-9-12-18(13-10-16)28(26,27)23-20-6-4-3-5-19(20)22/h3-6,9-14,17,23H,2,7-8,15H2,1H3. The molecule has 0 atom stereocenters. The molecule has 2 aromatic carbocycles. The molecule has 1 amide bonds. The Morgan fingerprint density at radius 1 is 1.18 bits per heavy atom. The van der Waals surface area contributed by atoms with Crippen molar-refractivity contribution in [3.8, 4) is 0 Å². The highest BCUT2D eigenvalue weighted by molar-refractivity contribution is 7.92. The van der Waals surface area contributed by atoms with E-state index in [-0.39, 0.29) is 10.8 Å². The number of hydrogen-bond donors (Lipinski definition) is 1. The van der Waals surface area contributed by atoms with Crippen molar-refractivity contribution in [2.45, 2.75) is 24.7 Å². The van der Waals surface area contributed by atoms with Crippen molar-refractivity contribution in [3.63, 3.8) is 0 Å². The molecule has 0 radical (unpaired) electrons. The third kappa shape index (κ3) is 5.36. The fraction of sp³-hybridized carbons (Fsp3) is 0.286. The van der Waals surface area contributed by atoms with Gasteiger partial charge in [-0.15, -0.1) is 0 Å². The molecule has 0 heterocycles. The van der Waals surface area contributed by atoms with Crippen molar-refractivity contribution in [1.29, 1.82) is 0 Å². The number of likely N-dealkylation sites (N-methyl/N-ethyl adjacent to an activating group) is 1. The Hall–Kier alpha value is -2.31. The predicted octanol–water partition coefficient (Wildman–Crippen LogP) is 4.41. The highest BCUT2D eigenvalue weighted by Crippen LogP contribution is 2.29. The number of anilines is 1. The van der Waals surface area contributed by atoms with Gasteiger partial charge in [-0.25, -0.2) is 8.42 Å². The van der Waals surface area contributed by atoms with Crippen LogP contribution in [-0.4, -0.2) is 32.3 Å². The molecule has 0 aromatic heterocycles. The van der Waals surface area contributed by atoms with E-state index >= 15 is 0 Å². The van der Waals surface area contributed by atoms with Crippen molar-refractivity contribution < 1.29 is 13.2 Å². The van der Waals surface area contributed by atoms with Crippen LogP contribution in [0.15, 0.2) is 59.5 Å². The summed E-state index contributed by atoms with van der Waals surface area (Å²) >= 11 is 6.01. The second kappa shape index (κ2) is 8.80. The first-order valence-corrected chi connectivity index (χ1v) is 11.1. The molecule has 28 heavy (non-hydrogen) atoms. The molecule has 2 aromatic rings. The maximum Gasteiger partial charge on any atom is 0.261 e. The van der Waals surface area contributed by atoms with Crippen LogP contribution in [-0.2, 0) is 14.8 Å². The zero-order valence-electron chi connectivity index (χ0n) is 15.6. The Morgan fingerprint density at radius 2 is 1.86 bits per heavy atom. The Labute approximate surface area is 171 Å². The lowest BCUT2D eigenvalue weighted by atomic mass is 10.2. The number of nitrogens with one attached hydrogen (secondary N) is 1. The minimum absolute atomic E-state index is 0.0218. The van der Waals surface area contributed by atoms with Crippen molar-refractivity contribution in [2.75, 3.05) is 17.8 Å². The van der Waals surface area contributed by atoms with Crippen molar-refractivity contribution in [3.05, 3.63) is 65.2 Å². The Kier molecular flexibility index (Phi) is 6.42. The summed E-state index contributed by atoms with van der Waals surface area (Å²) in [5, 5.41) is 0.329. The second-order valence-corrected chi connectivity index (χ2v) is 8.90. The SMILES string of the molecule is CCN(CC1CC1)C(=O)C=Cc1ccc(S(=O)(=O)Nc2ccccc2Cl)cc1. The molecule has 5 nitrogen and oxygen atoms in total. The van der Waals surface area contributed by atoms with E-state index in [2.05, 4.69) is 4.72 Å². The van der Waals surface area contributed by atoms with E-state index in [1.807, 2.05) is 11.8 Å². The Morgan fingerprint density at radius 3 is 2.46 bits per heavy atom. The van der Waals surface area contributed by atoms with Gasteiger partial charge in [0.05, 0.1) is 15.6 Å². The monoisotopic (exact) mass is 418 g/mol. The zero-order valence-corrected chi connectivity index (χ0v) is 17.2. The van der Waals surface area contributed by atoms with Gasteiger partial charge in [0.2, 0.25) is 5.91 Å². The quantitative estimate of drug-likeness (QED) is 0.645. The van der Waals surface area contributed by atoms with Crippen LogP contribution in [0.25, 0.3) is 6.08 Å². The van der Waals surface area contributed by atoms with Crippen LogP contribution in [0.4, 0.5) is 5.69 Å². The molecule has 148 valence electrons. The third-order valence-corrected chi connectivity index (χ3v) is 6.31. The predicted molar refractivity (Wildman–Crippen MR) is 113 cm³/mol. The Balaban J connectivity index is 1.67. The lowest BCUT2D eigenvalue weighted by Gasteiger charge is -2.18. The second-order valence-electron chi connectivity index (χ2n) is 6.81. The number of rotatable bonds is 8. The van der Waals surface area contributed by atoms with Gasteiger partial charge < -0.3 is 4.90 Å². The largest absolute Gasteiger partial charge is 0.339 e. The van der Waals surface area contributed by atoms with Crippen molar-refractivity contribution in [1.82, 2.24) is 4.90 Å². The van der Waals surface area contributed by atoms with Gasteiger partial charge in [0.15, 0.2) is 0 Å². The number of amides is 1. The molecule has 7 heteroatoms. The van der Waals surface area contributed by atoms with E-state index < -0.39 is 10.0 Å². The molecule has 0 unspecified atom stereocenters. The van der Waals surface area contributed by atoms with Crippen LogP contribution in [0.2, 0.25) is 5.02 Å². The van der Waals surface area contributed by atoms with Gasteiger partial charge in [0, 0.05) is 19.2 Å². The normalized spacial score (nSPS) is 14.2. The summed E-state index contributed by atoms with van der Waals surface area (Å²) < 4.78 is 27.5. The summed E-state index contributed by atoms with van der Waals surface area (Å²) in [5.41, 5.74) is 1.08. The molecule has 1 N–H and O–H groups in total. The fourth-order valence-corrected chi connectivity index (χ4v) is 4.08. The first-order chi connectivity index (χ1) is 13.4. The van der Waals surface area contributed by atoms with Crippen LogP contribution in [0, 0.1) is 5.92 Å². The molecular weight excluding hydrogens is 396 g/mol. The van der Waals surface area contributed by atoms with Crippen LogP contribution < -0.4 is 4.72 Å². The summed E-state index contributed by atoms with van der Waals surface area (Å²) in [6, 6.07) is 13.0. The minimum atomic E-state index is -3.74. The molecule has 3 rings (SSSR count). The molecule has 0 aliphatic heterocycles. The van der Waals surface area contributed by atoms with E-state index in [1.54, 1.807) is 42.5 Å². The third-order valence-electron chi connectivity index (χ3n) is 4.60. The molecule has 1 aliphatic rings. The van der Waals surface area contributed by atoms with Gasteiger partial charge in [-0.1, -0.05) is 35.9 Å². The highest BCUT2D eigenvalue weighted by Gasteiger charge is 2.25. The first-order valence-electron chi connectivity index (χ1n) is 9.23. The van der Waals surface area contributed by atoms with E-state index in [0.29, 0.717) is 23.2 Å². The lowest BCUT2D eigenvalue weighted by Crippen LogP contribution is -2.31. The van der Waals surface area contributed by atoms with Crippen LogP contribution in [0.5, 0.6) is 0 Å². The van der Waals surface area contributed by atoms with Crippen LogP contribution >= 0.6 is 11.6 Å². The fourth-order valence-electron chi connectivity index (χ4n) is 2.77. The number of carbonyl (C=O) groups excluding carboxylic acids is 1. The van der Waals surface area contributed by atoms with Gasteiger partial charge in [0.1, 0.15) is 0 Å². The Bertz CT molecular complexity index is 967. The summed E-state index contributed by atoms with van der Waals surface area (Å²) in [6.45, 7) is 3.47. The smallest absolute Gasteiger partial charge is 0.261 e. The summed E-state index contributed by atoms with van der Waals surface area (Å²) in [7, 11) is -3.74. The molecule has 1 aliphatic carbocycles. The molecule has 0 bridgehead atoms. The van der Waals surface area contributed by atoms with E-state index in [9.17, 15) is 13.2 Å². The average Bonchev–Trinajstić information content (AvgIpc) is 3.50. The minimum Gasteiger partial charge on any atom is -0.339 e. The van der Waals surface area contributed by atoms with Gasteiger partial charge in [-0.05, 0) is 61.6 Å². The van der Waals surface area contributed by atoms with Gasteiger partial charge >= 0.3 is 0 Å². The number of benzene rings is 2. The first kappa shape index (κ1) is 20.4. The maximum atomic E-state index is 12.5. The highest BCUT2D eigenvalue weighted by atomic mass is 35.5.